The van der Waals surface area contributed by atoms with Crippen LogP contribution >= 0.6 is 0 Å². The summed E-state index contributed by atoms with van der Waals surface area (Å²) < 4.78 is 0. The highest BCUT2D eigenvalue weighted by Gasteiger charge is 2.26. The summed E-state index contributed by atoms with van der Waals surface area (Å²) in [6.07, 6.45) is 1.90. The van der Waals surface area contributed by atoms with Gasteiger partial charge in [0.1, 0.15) is 6.04 Å². The fraction of sp³-hybridized carbons (Fsp3) is 0.417. The Morgan fingerprint density at radius 3 is 3.07 bits per heavy atom. The van der Waals surface area contributed by atoms with E-state index in [-0.39, 0.29) is 0 Å². The zero-order valence-electron chi connectivity index (χ0n) is 8.79. The molecule has 1 aliphatic heterocycles. The molecule has 80 valence electrons. The molecule has 0 aliphatic carbocycles. The largest absolute Gasteiger partial charge is 0.480 e. The van der Waals surface area contributed by atoms with E-state index in [4.69, 9.17) is 5.11 Å². The van der Waals surface area contributed by atoms with Crippen LogP contribution in [-0.4, -0.2) is 17.6 Å². The number of hydrogen-bond donors (Lipinski definition) is 2. The first-order chi connectivity index (χ1) is 7.24. The first-order valence-electron chi connectivity index (χ1n) is 5.31. The van der Waals surface area contributed by atoms with E-state index in [0.717, 1.165) is 24.9 Å². The lowest BCUT2D eigenvalue weighted by molar-refractivity contribution is -0.139. The van der Waals surface area contributed by atoms with Gasteiger partial charge in [0.15, 0.2) is 0 Å². The summed E-state index contributed by atoms with van der Waals surface area (Å²) in [6, 6.07) is 5.42. The lowest BCUT2D eigenvalue weighted by Gasteiger charge is -2.25. The van der Waals surface area contributed by atoms with Crippen LogP contribution in [0.25, 0.3) is 0 Å². The van der Waals surface area contributed by atoms with Crippen molar-refractivity contribution in [2.24, 2.45) is 0 Å². The number of benzene rings is 1. The second kappa shape index (κ2) is 4.03. The molecule has 1 aliphatic rings. The highest BCUT2D eigenvalue weighted by Crippen LogP contribution is 2.26. The van der Waals surface area contributed by atoms with Gasteiger partial charge in [-0.2, -0.15) is 0 Å². The molecule has 2 N–H and O–H groups in total. The van der Waals surface area contributed by atoms with E-state index in [1.807, 2.05) is 12.1 Å². The molecular formula is C12H15NO2. The number of hydrogen-bond acceptors (Lipinski definition) is 2. The summed E-state index contributed by atoms with van der Waals surface area (Å²) in [5, 5.41) is 12.1. The molecule has 0 spiro atoms. The molecule has 0 amide bonds. The SMILES string of the molecule is CCc1cccc2c1CCNC2C(=O)O. The zero-order chi connectivity index (χ0) is 10.8. The molecule has 1 aromatic carbocycles. The third-order valence-corrected chi connectivity index (χ3v) is 2.97. The second-order valence-corrected chi connectivity index (χ2v) is 3.81. The van der Waals surface area contributed by atoms with E-state index in [2.05, 4.69) is 18.3 Å². The first kappa shape index (κ1) is 10.2. The Bertz CT molecular complexity index is 387. The quantitative estimate of drug-likeness (QED) is 0.769. The van der Waals surface area contributed by atoms with Crippen molar-refractivity contribution in [2.45, 2.75) is 25.8 Å². The van der Waals surface area contributed by atoms with Crippen molar-refractivity contribution >= 4 is 5.97 Å². The Morgan fingerprint density at radius 2 is 2.40 bits per heavy atom. The van der Waals surface area contributed by atoms with Crippen LogP contribution in [0.15, 0.2) is 18.2 Å². The van der Waals surface area contributed by atoms with Crippen molar-refractivity contribution in [2.75, 3.05) is 6.54 Å². The van der Waals surface area contributed by atoms with Crippen molar-refractivity contribution < 1.29 is 9.90 Å². The van der Waals surface area contributed by atoms with E-state index in [1.54, 1.807) is 0 Å². The van der Waals surface area contributed by atoms with Crippen LogP contribution in [0.3, 0.4) is 0 Å². The van der Waals surface area contributed by atoms with E-state index in [0.29, 0.717) is 0 Å². The number of nitrogens with one attached hydrogen (secondary N) is 1. The van der Waals surface area contributed by atoms with Gasteiger partial charge in [-0.3, -0.25) is 4.79 Å². The van der Waals surface area contributed by atoms with Crippen LogP contribution in [-0.2, 0) is 17.6 Å². The number of fused-ring (bicyclic) bond motifs is 1. The number of aryl methyl sites for hydroxylation is 1. The van der Waals surface area contributed by atoms with Gasteiger partial charge in [-0.05, 0) is 29.5 Å². The summed E-state index contributed by atoms with van der Waals surface area (Å²) >= 11 is 0. The van der Waals surface area contributed by atoms with E-state index >= 15 is 0 Å². The van der Waals surface area contributed by atoms with Crippen LogP contribution in [0.2, 0.25) is 0 Å². The standard InChI is InChI=1S/C12H15NO2/c1-2-8-4-3-5-10-9(8)6-7-13-11(10)12(14)15/h3-5,11,13H,2,6-7H2,1H3,(H,14,15). The van der Waals surface area contributed by atoms with Gasteiger partial charge < -0.3 is 10.4 Å². The summed E-state index contributed by atoms with van der Waals surface area (Å²) in [6.45, 7) is 2.86. The van der Waals surface area contributed by atoms with E-state index in [9.17, 15) is 4.79 Å². The maximum absolute atomic E-state index is 11.1. The van der Waals surface area contributed by atoms with E-state index < -0.39 is 12.0 Å². The first-order valence-corrected chi connectivity index (χ1v) is 5.31. The number of rotatable bonds is 2. The molecule has 0 saturated carbocycles. The van der Waals surface area contributed by atoms with Gasteiger partial charge >= 0.3 is 5.97 Å². The molecule has 1 aromatic rings. The summed E-state index contributed by atoms with van der Waals surface area (Å²) in [5.74, 6) is -0.788. The Morgan fingerprint density at radius 1 is 1.60 bits per heavy atom. The van der Waals surface area contributed by atoms with Crippen LogP contribution in [0, 0.1) is 0 Å². The minimum atomic E-state index is -0.788. The molecule has 0 saturated heterocycles. The molecule has 3 nitrogen and oxygen atoms in total. The van der Waals surface area contributed by atoms with Gasteiger partial charge in [-0.1, -0.05) is 25.1 Å². The number of aliphatic carboxylic acids is 1. The van der Waals surface area contributed by atoms with E-state index in [1.165, 1.54) is 11.1 Å². The monoisotopic (exact) mass is 205 g/mol. The third kappa shape index (κ3) is 1.75. The molecule has 3 heteroatoms. The molecule has 2 rings (SSSR count). The Kier molecular flexibility index (Phi) is 2.73. The van der Waals surface area contributed by atoms with Crippen LogP contribution < -0.4 is 5.32 Å². The maximum atomic E-state index is 11.1. The number of carbonyl (C=O) groups is 1. The molecule has 0 aromatic heterocycles. The molecular weight excluding hydrogens is 190 g/mol. The van der Waals surface area contributed by atoms with Crippen molar-refractivity contribution in [3.8, 4) is 0 Å². The second-order valence-electron chi connectivity index (χ2n) is 3.81. The molecule has 1 unspecified atom stereocenters. The number of carboxylic acids is 1. The van der Waals surface area contributed by atoms with Crippen molar-refractivity contribution in [1.29, 1.82) is 0 Å². The van der Waals surface area contributed by atoms with Crippen molar-refractivity contribution in [3.63, 3.8) is 0 Å². The molecule has 0 radical (unpaired) electrons. The molecule has 1 atom stereocenters. The lowest BCUT2D eigenvalue weighted by Crippen LogP contribution is -2.35. The Labute approximate surface area is 89.1 Å². The molecule has 15 heavy (non-hydrogen) atoms. The van der Waals surface area contributed by atoms with Crippen molar-refractivity contribution in [3.05, 3.63) is 34.9 Å². The van der Waals surface area contributed by atoms with Gasteiger partial charge in [-0.25, -0.2) is 0 Å². The fourth-order valence-electron chi connectivity index (χ4n) is 2.23. The Hall–Kier alpha value is -1.35. The summed E-state index contributed by atoms with van der Waals surface area (Å²) in [5.41, 5.74) is 3.44. The minimum absolute atomic E-state index is 0.528. The fourth-order valence-corrected chi connectivity index (χ4v) is 2.23. The average Bonchev–Trinajstić information content (AvgIpc) is 2.27. The maximum Gasteiger partial charge on any atom is 0.325 e. The molecule has 0 fully saturated rings. The highest BCUT2D eigenvalue weighted by molar-refractivity contribution is 5.76. The number of carboxylic acid groups (broad SMARTS) is 1. The van der Waals surface area contributed by atoms with Crippen LogP contribution in [0.5, 0.6) is 0 Å². The van der Waals surface area contributed by atoms with Gasteiger partial charge in [0.2, 0.25) is 0 Å². The third-order valence-electron chi connectivity index (χ3n) is 2.97. The molecule has 0 bridgehead atoms. The summed E-state index contributed by atoms with van der Waals surface area (Å²) in [4.78, 5) is 11.1. The minimum Gasteiger partial charge on any atom is -0.480 e. The topological polar surface area (TPSA) is 49.3 Å². The zero-order valence-corrected chi connectivity index (χ0v) is 8.79. The smallest absolute Gasteiger partial charge is 0.325 e. The van der Waals surface area contributed by atoms with Gasteiger partial charge in [0.05, 0.1) is 0 Å². The van der Waals surface area contributed by atoms with Gasteiger partial charge in [0, 0.05) is 6.54 Å². The Balaban J connectivity index is 2.48. The van der Waals surface area contributed by atoms with Gasteiger partial charge in [0.25, 0.3) is 0 Å². The van der Waals surface area contributed by atoms with Gasteiger partial charge in [-0.15, -0.1) is 0 Å². The van der Waals surface area contributed by atoms with Crippen LogP contribution in [0.4, 0.5) is 0 Å². The highest BCUT2D eigenvalue weighted by atomic mass is 16.4. The predicted molar refractivity (Wildman–Crippen MR) is 57.9 cm³/mol. The average molecular weight is 205 g/mol. The predicted octanol–water partition coefficient (Wildman–Crippen LogP) is 1.52. The normalized spacial score (nSPS) is 19.7. The summed E-state index contributed by atoms with van der Waals surface area (Å²) in [7, 11) is 0. The molecule has 1 heterocycles. The lowest BCUT2D eigenvalue weighted by atomic mass is 9.89. The van der Waals surface area contributed by atoms with Crippen LogP contribution in [0.1, 0.15) is 29.7 Å². The van der Waals surface area contributed by atoms with Crippen molar-refractivity contribution in [1.82, 2.24) is 5.32 Å².